The molecule has 0 saturated carbocycles. The molecule has 2 N–H and O–H groups in total. The van der Waals surface area contributed by atoms with Crippen molar-refractivity contribution in [3.8, 4) is 5.75 Å². The Morgan fingerprint density at radius 2 is 1.94 bits per heavy atom. The fourth-order valence-corrected chi connectivity index (χ4v) is 3.72. The van der Waals surface area contributed by atoms with Crippen LogP contribution in [0.25, 0.3) is 0 Å². The molecule has 1 aromatic carbocycles. The highest BCUT2D eigenvalue weighted by atomic mass is 16.5. The maximum Gasteiger partial charge on any atom is 0.191 e. The van der Waals surface area contributed by atoms with E-state index in [4.69, 9.17) is 14.2 Å². The van der Waals surface area contributed by atoms with Gasteiger partial charge in [-0.25, -0.2) is 0 Å². The number of methoxy groups -OCH3 is 1. The average Bonchev–Trinajstić information content (AvgIpc) is 2.82. The van der Waals surface area contributed by atoms with Crippen LogP contribution < -0.4 is 15.4 Å². The molecule has 1 saturated heterocycles. The highest BCUT2D eigenvalue weighted by molar-refractivity contribution is 5.79. The molecule has 1 aromatic rings. The molecule has 0 atom stereocenters. The van der Waals surface area contributed by atoms with Gasteiger partial charge >= 0.3 is 0 Å². The zero-order valence-corrected chi connectivity index (χ0v) is 20.4. The van der Waals surface area contributed by atoms with Crippen molar-refractivity contribution in [3.05, 3.63) is 29.8 Å². The van der Waals surface area contributed by atoms with Crippen molar-refractivity contribution >= 4 is 5.96 Å². The van der Waals surface area contributed by atoms with Crippen LogP contribution in [0, 0.1) is 0 Å². The molecule has 0 aromatic heterocycles. The Labute approximate surface area is 194 Å². The Hall–Kier alpha value is -1.87. The van der Waals surface area contributed by atoms with Crippen LogP contribution in [-0.2, 0) is 16.0 Å². The molecule has 1 heterocycles. The lowest BCUT2D eigenvalue weighted by atomic mass is 10.1. The summed E-state index contributed by atoms with van der Waals surface area (Å²) < 4.78 is 16.6. The second-order valence-corrected chi connectivity index (χ2v) is 8.32. The molecule has 0 radical (unpaired) electrons. The molecule has 2 rings (SSSR count). The molecular weight excluding hydrogens is 406 g/mol. The van der Waals surface area contributed by atoms with E-state index in [1.807, 2.05) is 12.1 Å². The average molecular weight is 450 g/mol. The minimum Gasteiger partial charge on any atom is -0.492 e. The third-order valence-corrected chi connectivity index (χ3v) is 5.78. The van der Waals surface area contributed by atoms with Gasteiger partial charge in [0.05, 0.1) is 0 Å². The van der Waals surface area contributed by atoms with Crippen molar-refractivity contribution in [2.24, 2.45) is 4.99 Å². The van der Waals surface area contributed by atoms with Gasteiger partial charge in [-0.2, -0.15) is 0 Å². The van der Waals surface area contributed by atoms with Crippen molar-refractivity contribution < 1.29 is 14.2 Å². The summed E-state index contributed by atoms with van der Waals surface area (Å²) in [4.78, 5) is 9.00. The highest BCUT2D eigenvalue weighted by Crippen LogP contribution is 2.15. The van der Waals surface area contributed by atoms with E-state index in [0.29, 0.717) is 19.2 Å². The van der Waals surface area contributed by atoms with Crippen LogP contribution in [0.2, 0.25) is 0 Å². The molecule has 0 bridgehead atoms. The summed E-state index contributed by atoms with van der Waals surface area (Å²) >= 11 is 0. The molecule has 8 nitrogen and oxygen atoms in total. The van der Waals surface area contributed by atoms with Crippen molar-refractivity contribution in [2.75, 3.05) is 80.9 Å². The smallest absolute Gasteiger partial charge is 0.191 e. The lowest BCUT2D eigenvalue weighted by molar-refractivity contribution is 0.0392. The minimum absolute atomic E-state index is 0.604. The van der Waals surface area contributed by atoms with E-state index in [9.17, 15) is 0 Å². The number of aliphatic imine (C=N–C) groups is 1. The van der Waals surface area contributed by atoms with Crippen LogP contribution in [0.5, 0.6) is 5.75 Å². The van der Waals surface area contributed by atoms with Crippen molar-refractivity contribution in [3.63, 3.8) is 0 Å². The number of nitrogens with one attached hydrogen (secondary N) is 2. The molecule has 0 spiro atoms. The van der Waals surface area contributed by atoms with E-state index in [1.54, 1.807) is 14.2 Å². The zero-order chi connectivity index (χ0) is 23.0. The maximum atomic E-state index is 6.01. The number of nitrogens with zero attached hydrogens (tertiary/aromatic N) is 3. The monoisotopic (exact) mass is 449 g/mol. The SMILES string of the molecule is CN=C(NCCN(C)CCCOC)NCc1cccc(OCCN(C)C2CCOCC2)c1. The second-order valence-electron chi connectivity index (χ2n) is 8.32. The van der Waals surface area contributed by atoms with Crippen LogP contribution in [0.3, 0.4) is 0 Å². The van der Waals surface area contributed by atoms with E-state index in [0.717, 1.165) is 77.0 Å². The third-order valence-electron chi connectivity index (χ3n) is 5.78. The summed E-state index contributed by atoms with van der Waals surface area (Å²) in [6.45, 7) is 7.67. The van der Waals surface area contributed by atoms with Gasteiger partial charge < -0.3 is 29.7 Å². The quantitative estimate of drug-likeness (QED) is 0.255. The Bertz CT molecular complexity index is 652. The van der Waals surface area contributed by atoms with Crippen LogP contribution >= 0.6 is 0 Å². The van der Waals surface area contributed by atoms with Gasteiger partial charge in [0.25, 0.3) is 0 Å². The standard InChI is InChI=1S/C24H43N5O3/c1-25-24(26-11-13-28(2)12-6-15-30-4)27-20-21-7-5-8-23(19-21)32-18-14-29(3)22-9-16-31-17-10-22/h5,7-8,19,22H,6,9-18,20H2,1-4H3,(H2,25,26,27). The normalized spacial score (nSPS) is 15.4. The lowest BCUT2D eigenvalue weighted by Gasteiger charge is -2.31. The molecule has 1 aliphatic heterocycles. The number of ether oxygens (including phenoxy) is 3. The van der Waals surface area contributed by atoms with Gasteiger partial charge in [0.1, 0.15) is 12.4 Å². The van der Waals surface area contributed by atoms with Crippen molar-refractivity contribution in [1.82, 2.24) is 20.4 Å². The van der Waals surface area contributed by atoms with Gasteiger partial charge in [-0.3, -0.25) is 9.89 Å². The molecular formula is C24H43N5O3. The summed E-state index contributed by atoms with van der Waals surface area (Å²) in [5.41, 5.74) is 1.17. The van der Waals surface area contributed by atoms with Crippen molar-refractivity contribution in [1.29, 1.82) is 0 Å². The molecule has 8 heteroatoms. The molecule has 1 aliphatic rings. The number of hydrogen-bond donors (Lipinski definition) is 2. The summed E-state index contributed by atoms with van der Waals surface area (Å²) in [5.74, 6) is 1.71. The highest BCUT2D eigenvalue weighted by Gasteiger charge is 2.17. The fraction of sp³-hybridized carbons (Fsp3) is 0.708. The Morgan fingerprint density at radius 3 is 2.69 bits per heavy atom. The molecule has 182 valence electrons. The van der Waals surface area contributed by atoms with E-state index in [-0.39, 0.29) is 0 Å². The topological polar surface area (TPSA) is 70.6 Å². The van der Waals surface area contributed by atoms with E-state index < -0.39 is 0 Å². The van der Waals surface area contributed by atoms with Crippen LogP contribution in [-0.4, -0.2) is 103 Å². The predicted molar refractivity (Wildman–Crippen MR) is 131 cm³/mol. The van der Waals surface area contributed by atoms with Gasteiger partial charge in [0.15, 0.2) is 5.96 Å². The van der Waals surface area contributed by atoms with Gasteiger partial charge in [-0.1, -0.05) is 12.1 Å². The van der Waals surface area contributed by atoms with Crippen LogP contribution in [0.1, 0.15) is 24.8 Å². The first-order valence-electron chi connectivity index (χ1n) is 11.7. The molecule has 0 amide bonds. The molecule has 0 unspecified atom stereocenters. The number of likely N-dealkylation sites (N-methyl/N-ethyl adjacent to an activating group) is 2. The van der Waals surface area contributed by atoms with Crippen molar-refractivity contribution in [2.45, 2.75) is 31.8 Å². The van der Waals surface area contributed by atoms with E-state index >= 15 is 0 Å². The minimum atomic E-state index is 0.604. The molecule has 1 fully saturated rings. The summed E-state index contributed by atoms with van der Waals surface area (Å²) in [5, 5.41) is 6.75. The first kappa shape index (κ1) is 26.4. The van der Waals surface area contributed by atoms with Crippen LogP contribution in [0.4, 0.5) is 0 Å². The Morgan fingerprint density at radius 1 is 1.12 bits per heavy atom. The van der Waals surface area contributed by atoms with Gasteiger partial charge in [0, 0.05) is 72.7 Å². The number of guanidine groups is 1. The van der Waals surface area contributed by atoms with Crippen LogP contribution in [0.15, 0.2) is 29.3 Å². The number of hydrogen-bond acceptors (Lipinski definition) is 6. The molecule has 0 aliphatic carbocycles. The maximum absolute atomic E-state index is 6.01. The zero-order valence-electron chi connectivity index (χ0n) is 20.4. The third kappa shape index (κ3) is 10.6. The first-order valence-corrected chi connectivity index (χ1v) is 11.7. The molecule has 32 heavy (non-hydrogen) atoms. The van der Waals surface area contributed by atoms with Gasteiger partial charge in [-0.05, 0) is 51.1 Å². The number of benzene rings is 1. The van der Waals surface area contributed by atoms with E-state index in [2.05, 4.69) is 51.7 Å². The van der Waals surface area contributed by atoms with Gasteiger partial charge in [-0.15, -0.1) is 0 Å². The number of rotatable bonds is 14. The largest absolute Gasteiger partial charge is 0.492 e. The lowest BCUT2D eigenvalue weighted by Crippen LogP contribution is -2.40. The fourth-order valence-electron chi connectivity index (χ4n) is 3.72. The Kier molecular flexibility index (Phi) is 13.1. The summed E-state index contributed by atoms with van der Waals surface area (Å²) in [7, 11) is 7.84. The second kappa shape index (κ2) is 15.9. The van der Waals surface area contributed by atoms with Gasteiger partial charge in [0.2, 0.25) is 0 Å². The first-order chi connectivity index (χ1) is 15.6. The van der Waals surface area contributed by atoms with E-state index in [1.165, 1.54) is 5.56 Å². The summed E-state index contributed by atoms with van der Waals surface area (Å²) in [6.07, 6.45) is 3.26. The predicted octanol–water partition coefficient (Wildman–Crippen LogP) is 1.81. The Balaban J connectivity index is 1.66. The summed E-state index contributed by atoms with van der Waals surface area (Å²) in [6, 6.07) is 8.86.